The summed E-state index contributed by atoms with van der Waals surface area (Å²) in [5.41, 5.74) is 1.39. The summed E-state index contributed by atoms with van der Waals surface area (Å²) in [6.45, 7) is 1.04. The van der Waals surface area contributed by atoms with Crippen LogP contribution in [0.3, 0.4) is 0 Å². The number of hydrogen-bond acceptors (Lipinski definition) is 7. The molecule has 3 N–H and O–H groups in total. The molecule has 2 aromatic rings. The topological polar surface area (TPSA) is 109 Å². The van der Waals surface area contributed by atoms with E-state index >= 15 is 0 Å². The highest BCUT2D eigenvalue weighted by Crippen LogP contribution is 2.46. The first kappa shape index (κ1) is 27.2. The summed E-state index contributed by atoms with van der Waals surface area (Å²) < 4.78 is 59.7. The number of carbonyl (C=O) groups is 1. The molecule has 3 aliphatic rings. The fraction of sp³-hybridized carbons (Fsp3) is 0.577. The van der Waals surface area contributed by atoms with Gasteiger partial charge >= 0.3 is 6.18 Å². The van der Waals surface area contributed by atoms with E-state index in [4.69, 9.17) is 0 Å². The first-order chi connectivity index (χ1) is 18.0. The SMILES string of the molecule is N#CC1(NC(=O)[C@@H]2CCCC[C@H]2c2nc(CC(F)(F)F)sc2-c2ccc(N3CCS(O)(O)CC3)cc2)CC1. The van der Waals surface area contributed by atoms with Crippen molar-refractivity contribution in [2.75, 3.05) is 29.5 Å². The quantitative estimate of drug-likeness (QED) is 0.399. The van der Waals surface area contributed by atoms with Gasteiger partial charge in [0.2, 0.25) is 5.91 Å². The molecular weight excluding hydrogens is 537 g/mol. The molecule has 5 rings (SSSR count). The van der Waals surface area contributed by atoms with E-state index in [-0.39, 0.29) is 16.8 Å². The maximum absolute atomic E-state index is 13.3. The summed E-state index contributed by atoms with van der Waals surface area (Å²) in [5.74, 6) is -0.351. The van der Waals surface area contributed by atoms with Crippen molar-refractivity contribution in [2.24, 2.45) is 5.92 Å². The number of carbonyl (C=O) groups excluding carboxylic acids is 1. The molecule has 1 aliphatic heterocycles. The number of halogens is 3. The smallest absolute Gasteiger partial charge is 0.368 e. The minimum absolute atomic E-state index is 0.0202. The number of aromatic nitrogens is 1. The highest BCUT2D eigenvalue weighted by atomic mass is 32.3. The van der Waals surface area contributed by atoms with Crippen LogP contribution in [0.2, 0.25) is 0 Å². The fourth-order valence-corrected chi connectivity index (χ4v) is 7.78. The number of thiazole rings is 1. The molecule has 2 heterocycles. The third kappa shape index (κ3) is 6.11. The number of nitriles is 1. The standard InChI is InChI=1S/C26H31F3N4O3S2/c27-26(28,29)15-21-31-22(19-3-1-2-4-20(19)24(34)32-25(16-30)9-10-25)23(37-21)17-5-7-18(8-6-17)33-11-13-38(35,36)14-12-33/h5-8,19-20,35-36H,1-4,9-15H2,(H,32,34)/t19-,20-/m1/s1. The average molecular weight is 569 g/mol. The number of anilines is 1. The third-order valence-electron chi connectivity index (χ3n) is 7.70. The zero-order valence-corrected chi connectivity index (χ0v) is 22.5. The van der Waals surface area contributed by atoms with E-state index in [0.717, 1.165) is 35.4 Å². The van der Waals surface area contributed by atoms with Crippen LogP contribution in [0, 0.1) is 17.2 Å². The minimum Gasteiger partial charge on any atom is -0.368 e. The molecule has 0 bridgehead atoms. The molecule has 0 spiro atoms. The normalized spacial score (nSPS) is 25.3. The third-order valence-corrected chi connectivity index (χ3v) is 10.5. The Labute approximate surface area is 225 Å². The van der Waals surface area contributed by atoms with E-state index in [1.54, 1.807) is 0 Å². The second kappa shape index (κ2) is 10.3. The number of hydrogen-bond donors (Lipinski definition) is 3. The summed E-state index contributed by atoms with van der Waals surface area (Å²) in [6, 6.07) is 9.70. The highest BCUT2D eigenvalue weighted by molar-refractivity contribution is 8.24. The Balaban J connectivity index is 1.44. The number of benzene rings is 1. The molecule has 2 saturated carbocycles. The molecule has 1 amide bonds. The zero-order valence-electron chi connectivity index (χ0n) is 20.8. The number of nitrogens with one attached hydrogen (secondary N) is 1. The first-order valence-electron chi connectivity index (χ1n) is 12.9. The van der Waals surface area contributed by atoms with Gasteiger partial charge in [-0.1, -0.05) is 25.0 Å². The van der Waals surface area contributed by atoms with E-state index < -0.39 is 34.6 Å². The van der Waals surface area contributed by atoms with Crippen LogP contribution in [0.1, 0.15) is 55.1 Å². The number of alkyl halides is 3. The van der Waals surface area contributed by atoms with Crippen molar-refractivity contribution in [3.8, 4) is 16.5 Å². The Morgan fingerprint density at radius 1 is 1.18 bits per heavy atom. The maximum atomic E-state index is 13.3. The summed E-state index contributed by atoms with van der Waals surface area (Å²) in [6.07, 6.45) is -1.32. The Bertz CT molecular complexity index is 1210. The predicted molar refractivity (Wildman–Crippen MR) is 143 cm³/mol. The number of amides is 1. The molecule has 2 aliphatic carbocycles. The lowest BCUT2D eigenvalue weighted by atomic mass is 9.76. The van der Waals surface area contributed by atoms with Crippen LogP contribution in [-0.4, -0.2) is 56.3 Å². The summed E-state index contributed by atoms with van der Waals surface area (Å²) >= 11 is 1.03. The predicted octanol–water partition coefficient (Wildman–Crippen LogP) is 5.93. The largest absolute Gasteiger partial charge is 0.395 e. The molecule has 0 radical (unpaired) electrons. The second-order valence-electron chi connectivity index (χ2n) is 10.5. The second-order valence-corrected chi connectivity index (χ2v) is 14.0. The van der Waals surface area contributed by atoms with Crippen LogP contribution in [0.4, 0.5) is 18.9 Å². The first-order valence-corrected chi connectivity index (χ1v) is 15.6. The van der Waals surface area contributed by atoms with Crippen LogP contribution in [0.5, 0.6) is 0 Å². The van der Waals surface area contributed by atoms with Gasteiger partial charge in [0.1, 0.15) is 10.5 Å². The van der Waals surface area contributed by atoms with Gasteiger partial charge in [0.25, 0.3) is 0 Å². The van der Waals surface area contributed by atoms with E-state index in [1.807, 2.05) is 24.3 Å². The van der Waals surface area contributed by atoms with Gasteiger partial charge in [-0.15, -0.1) is 11.3 Å². The van der Waals surface area contributed by atoms with Gasteiger partial charge in [0.15, 0.2) is 0 Å². The van der Waals surface area contributed by atoms with Gasteiger partial charge in [-0.3, -0.25) is 13.9 Å². The Hall–Kier alpha value is -2.33. The lowest BCUT2D eigenvalue weighted by molar-refractivity contribution is -0.128. The van der Waals surface area contributed by atoms with Gasteiger partial charge in [-0.2, -0.15) is 29.0 Å². The number of rotatable bonds is 6. The maximum Gasteiger partial charge on any atom is 0.395 e. The summed E-state index contributed by atoms with van der Waals surface area (Å²) in [7, 11) is -2.52. The van der Waals surface area contributed by atoms with Crippen LogP contribution < -0.4 is 10.2 Å². The zero-order chi connectivity index (χ0) is 27.1. The molecule has 1 aromatic carbocycles. The highest BCUT2D eigenvalue weighted by Gasteiger charge is 2.47. The van der Waals surface area contributed by atoms with E-state index in [9.17, 15) is 32.3 Å². The monoisotopic (exact) mass is 568 g/mol. The molecule has 1 saturated heterocycles. The summed E-state index contributed by atoms with van der Waals surface area (Å²) in [5, 5.41) is 12.3. The summed E-state index contributed by atoms with van der Waals surface area (Å²) in [4.78, 5) is 20.4. The van der Waals surface area contributed by atoms with Gasteiger partial charge in [0.05, 0.1) is 34.6 Å². The lowest BCUT2D eigenvalue weighted by Crippen LogP contribution is -2.42. The van der Waals surface area contributed by atoms with Crippen molar-refractivity contribution in [1.82, 2.24) is 10.3 Å². The van der Waals surface area contributed by atoms with E-state index in [2.05, 4.69) is 21.3 Å². The molecule has 0 unspecified atom stereocenters. The van der Waals surface area contributed by atoms with Crippen LogP contribution in [0.25, 0.3) is 10.4 Å². The Kier molecular flexibility index (Phi) is 7.41. The van der Waals surface area contributed by atoms with Gasteiger partial charge in [0, 0.05) is 30.6 Å². The van der Waals surface area contributed by atoms with Crippen molar-refractivity contribution < 1.29 is 27.1 Å². The average Bonchev–Trinajstić information content (AvgIpc) is 3.53. The van der Waals surface area contributed by atoms with Crippen molar-refractivity contribution in [3.63, 3.8) is 0 Å². The van der Waals surface area contributed by atoms with Gasteiger partial charge in [-0.05, 0) is 43.4 Å². The molecule has 1 aromatic heterocycles. The van der Waals surface area contributed by atoms with E-state index in [1.165, 1.54) is 0 Å². The Morgan fingerprint density at radius 2 is 1.84 bits per heavy atom. The van der Waals surface area contributed by atoms with E-state index in [0.29, 0.717) is 60.8 Å². The van der Waals surface area contributed by atoms with Gasteiger partial charge in [-0.25, -0.2) is 4.98 Å². The van der Waals surface area contributed by atoms with Gasteiger partial charge < -0.3 is 10.2 Å². The lowest BCUT2D eigenvalue weighted by Gasteiger charge is -2.41. The van der Waals surface area contributed by atoms with Crippen molar-refractivity contribution in [2.45, 2.75) is 62.6 Å². The molecule has 2 atom stereocenters. The molecule has 206 valence electrons. The molecule has 3 fully saturated rings. The fourth-order valence-electron chi connectivity index (χ4n) is 5.38. The molecule has 38 heavy (non-hydrogen) atoms. The van der Waals surface area contributed by atoms with Crippen LogP contribution in [0.15, 0.2) is 24.3 Å². The van der Waals surface area contributed by atoms with Crippen molar-refractivity contribution in [3.05, 3.63) is 35.0 Å². The molecule has 12 heteroatoms. The number of nitrogens with zero attached hydrogens (tertiary/aromatic N) is 3. The molecular formula is C26H31F3N4O3S2. The minimum atomic E-state index is -4.39. The molecule has 7 nitrogen and oxygen atoms in total. The van der Waals surface area contributed by atoms with Crippen molar-refractivity contribution >= 4 is 33.5 Å². The van der Waals surface area contributed by atoms with Crippen LogP contribution >= 0.6 is 21.9 Å². The van der Waals surface area contributed by atoms with Crippen molar-refractivity contribution in [1.29, 1.82) is 5.26 Å². The van der Waals surface area contributed by atoms with Crippen LogP contribution in [-0.2, 0) is 11.2 Å². The Morgan fingerprint density at radius 3 is 2.45 bits per heavy atom.